The largest absolute Gasteiger partial charge is 0.352 e. The molecular weight excluding hydrogens is 332 g/mol. The molecule has 0 bridgehead atoms. The summed E-state index contributed by atoms with van der Waals surface area (Å²) in [6.07, 6.45) is 5.94. The van der Waals surface area contributed by atoms with Gasteiger partial charge in [-0.05, 0) is 26.7 Å². The van der Waals surface area contributed by atoms with E-state index in [1.165, 1.54) is 31.0 Å². The lowest BCUT2D eigenvalue weighted by atomic mass is 9.95. The van der Waals surface area contributed by atoms with Gasteiger partial charge in [0.2, 0.25) is 5.91 Å². The summed E-state index contributed by atoms with van der Waals surface area (Å²) in [5.41, 5.74) is 1.04. The number of amides is 1. The topological polar surface area (TPSA) is 59.8 Å². The van der Waals surface area contributed by atoms with Crippen LogP contribution in [0, 0.1) is 0 Å². The van der Waals surface area contributed by atoms with E-state index in [1.54, 1.807) is 0 Å². The second kappa shape index (κ2) is 8.52. The number of benzene rings is 1. The fourth-order valence-electron chi connectivity index (χ4n) is 3.24. The molecule has 3 rings (SSSR count). The van der Waals surface area contributed by atoms with Crippen LogP contribution in [0.5, 0.6) is 0 Å². The maximum atomic E-state index is 12.5. The molecule has 0 spiro atoms. The number of aromatic nitrogens is 3. The van der Waals surface area contributed by atoms with Gasteiger partial charge in [-0.1, -0.05) is 61.4 Å². The summed E-state index contributed by atoms with van der Waals surface area (Å²) in [5, 5.41) is 12.5. The van der Waals surface area contributed by atoms with Crippen molar-refractivity contribution in [1.29, 1.82) is 0 Å². The van der Waals surface area contributed by atoms with Gasteiger partial charge in [0, 0.05) is 18.2 Å². The predicted molar refractivity (Wildman–Crippen MR) is 101 cm³/mol. The van der Waals surface area contributed by atoms with E-state index in [1.807, 2.05) is 37.3 Å². The summed E-state index contributed by atoms with van der Waals surface area (Å²) in [6.45, 7) is 4.79. The predicted octanol–water partition coefficient (Wildman–Crippen LogP) is 3.89. The van der Waals surface area contributed by atoms with Crippen LogP contribution < -0.4 is 5.32 Å². The van der Waals surface area contributed by atoms with E-state index in [9.17, 15) is 4.79 Å². The quantitative estimate of drug-likeness (QED) is 0.796. The Bertz CT molecular complexity index is 695. The van der Waals surface area contributed by atoms with Crippen LogP contribution in [0.15, 0.2) is 35.5 Å². The van der Waals surface area contributed by atoms with Crippen molar-refractivity contribution in [2.24, 2.45) is 0 Å². The van der Waals surface area contributed by atoms with Gasteiger partial charge in [-0.3, -0.25) is 4.79 Å². The standard InChI is InChI=1S/C19H26N4OS/c1-3-23-17(15-10-6-4-7-11-15)21-22-19(23)25-14(2)18(24)20-16-12-8-5-9-13-16/h4,6-7,10-11,14,16H,3,5,8-9,12-13H2,1-2H3,(H,20,24). The van der Waals surface area contributed by atoms with Crippen LogP contribution in [-0.4, -0.2) is 32.0 Å². The summed E-state index contributed by atoms with van der Waals surface area (Å²) in [5.74, 6) is 0.953. The number of rotatable bonds is 6. The molecule has 5 nitrogen and oxygen atoms in total. The van der Waals surface area contributed by atoms with Gasteiger partial charge in [-0.25, -0.2) is 0 Å². The number of nitrogens with zero attached hydrogens (tertiary/aromatic N) is 3. The van der Waals surface area contributed by atoms with Crippen LogP contribution in [-0.2, 0) is 11.3 Å². The first-order valence-electron chi connectivity index (χ1n) is 9.14. The van der Waals surface area contributed by atoms with Gasteiger partial charge in [0.1, 0.15) is 0 Å². The highest BCUT2D eigenvalue weighted by Crippen LogP contribution is 2.27. The lowest BCUT2D eigenvalue weighted by molar-refractivity contribution is -0.121. The molecule has 1 amide bonds. The van der Waals surface area contributed by atoms with Crippen LogP contribution in [0.4, 0.5) is 0 Å². The number of carbonyl (C=O) groups excluding carboxylic acids is 1. The molecular formula is C19H26N4OS. The number of hydrogen-bond donors (Lipinski definition) is 1. The van der Waals surface area contributed by atoms with Crippen LogP contribution in [0.25, 0.3) is 11.4 Å². The molecule has 0 saturated heterocycles. The summed E-state index contributed by atoms with van der Waals surface area (Å²) >= 11 is 1.48. The van der Waals surface area contributed by atoms with Crippen LogP contribution >= 0.6 is 11.8 Å². The maximum absolute atomic E-state index is 12.5. The Morgan fingerprint density at radius 2 is 1.96 bits per heavy atom. The van der Waals surface area contributed by atoms with Gasteiger partial charge < -0.3 is 9.88 Å². The van der Waals surface area contributed by atoms with Crippen molar-refractivity contribution >= 4 is 17.7 Å². The molecule has 134 valence electrons. The van der Waals surface area contributed by atoms with Crippen LogP contribution in [0.2, 0.25) is 0 Å². The van der Waals surface area contributed by atoms with E-state index in [-0.39, 0.29) is 11.2 Å². The summed E-state index contributed by atoms with van der Waals surface area (Å²) < 4.78 is 2.07. The molecule has 0 aliphatic heterocycles. The Balaban J connectivity index is 1.67. The van der Waals surface area contributed by atoms with Crippen molar-refractivity contribution < 1.29 is 4.79 Å². The van der Waals surface area contributed by atoms with E-state index in [2.05, 4.69) is 27.0 Å². The molecule has 1 atom stereocenters. The Labute approximate surface area is 153 Å². The van der Waals surface area contributed by atoms with Crippen molar-refractivity contribution in [3.05, 3.63) is 30.3 Å². The third-order valence-electron chi connectivity index (χ3n) is 4.67. The molecule has 1 aromatic heterocycles. The van der Waals surface area contributed by atoms with Gasteiger partial charge in [-0.2, -0.15) is 0 Å². The lowest BCUT2D eigenvalue weighted by Gasteiger charge is -2.24. The number of hydrogen-bond acceptors (Lipinski definition) is 4. The van der Waals surface area contributed by atoms with Crippen molar-refractivity contribution in [3.8, 4) is 11.4 Å². The fraction of sp³-hybridized carbons (Fsp3) is 0.526. The molecule has 1 N–H and O–H groups in total. The van der Waals surface area contributed by atoms with E-state index in [0.29, 0.717) is 6.04 Å². The highest BCUT2D eigenvalue weighted by Gasteiger charge is 2.23. The lowest BCUT2D eigenvalue weighted by Crippen LogP contribution is -2.40. The molecule has 1 saturated carbocycles. The molecule has 6 heteroatoms. The SMILES string of the molecule is CCn1c(SC(C)C(=O)NC2CCCCC2)nnc1-c1ccccc1. The average Bonchev–Trinajstić information content (AvgIpc) is 3.05. The number of nitrogens with one attached hydrogen (secondary N) is 1. The Hall–Kier alpha value is -1.82. The number of thioether (sulfide) groups is 1. The zero-order valence-corrected chi connectivity index (χ0v) is 15.8. The van der Waals surface area contributed by atoms with Gasteiger partial charge in [0.05, 0.1) is 5.25 Å². The molecule has 1 aliphatic carbocycles. The Morgan fingerprint density at radius 1 is 1.24 bits per heavy atom. The highest BCUT2D eigenvalue weighted by atomic mass is 32.2. The van der Waals surface area contributed by atoms with E-state index >= 15 is 0 Å². The Morgan fingerprint density at radius 3 is 2.64 bits per heavy atom. The van der Waals surface area contributed by atoms with Crippen molar-refractivity contribution in [2.45, 2.75) is 68.9 Å². The third kappa shape index (κ3) is 4.42. The van der Waals surface area contributed by atoms with Crippen LogP contribution in [0.3, 0.4) is 0 Å². The zero-order valence-electron chi connectivity index (χ0n) is 14.9. The van der Waals surface area contributed by atoms with Crippen molar-refractivity contribution in [1.82, 2.24) is 20.1 Å². The average molecular weight is 359 g/mol. The first kappa shape index (κ1) is 18.0. The first-order chi connectivity index (χ1) is 12.2. The molecule has 25 heavy (non-hydrogen) atoms. The monoisotopic (exact) mass is 358 g/mol. The molecule has 1 unspecified atom stereocenters. The second-order valence-electron chi connectivity index (χ2n) is 6.52. The molecule has 1 heterocycles. The van der Waals surface area contributed by atoms with Crippen molar-refractivity contribution in [2.75, 3.05) is 0 Å². The third-order valence-corrected chi connectivity index (χ3v) is 5.75. The van der Waals surface area contributed by atoms with E-state index in [4.69, 9.17) is 0 Å². The van der Waals surface area contributed by atoms with Gasteiger partial charge in [-0.15, -0.1) is 10.2 Å². The number of carbonyl (C=O) groups is 1. The molecule has 1 fully saturated rings. The maximum Gasteiger partial charge on any atom is 0.233 e. The van der Waals surface area contributed by atoms with E-state index in [0.717, 1.165) is 35.9 Å². The minimum absolute atomic E-state index is 0.101. The molecule has 1 aromatic carbocycles. The second-order valence-corrected chi connectivity index (χ2v) is 7.83. The van der Waals surface area contributed by atoms with Gasteiger partial charge >= 0.3 is 0 Å². The summed E-state index contributed by atoms with van der Waals surface area (Å²) in [4.78, 5) is 12.5. The van der Waals surface area contributed by atoms with E-state index < -0.39 is 0 Å². The van der Waals surface area contributed by atoms with Crippen LogP contribution in [0.1, 0.15) is 46.0 Å². The molecule has 2 aromatic rings. The fourth-order valence-corrected chi connectivity index (χ4v) is 4.16. The first-order valence-corrected chi connectivity index (χ1v) is 10.0. The van der Waals surface area contributed by atoms with Gasteiger partial charge in [0.25, 0.3) is 0 Å². The van der Waals surface area contributed by atoms with Gasteiger partial charge in [0.15, 0.2) is 11.0 Å². The van der Waals surface area contributed by atoms with Crippen molar-refractivity contribution in [3.63, 3.8) is 0 Å². The minimum Gasteiger partial charge on any atom is -0.352 e. The Kier molecular flexibility index (Phi) is 6.13. The smallest absolute Gasteiger partial charge is 0.233 e. The minimum atomic E-state index is -0.181. The summed E-state index contributed by atoms with van der Waals surface area (Å²) in [7, 11) is 0. The normalized spacial score (nSPS) is 16.6. The zero-order chi connectivity index (χ0) is 17.6. The highest BCUT2D eigenvalue weighted by molar-refractivity contribution is 8.00. The molecule has 1 aliphatic rings. The molecule has 0 radical (unpaired) electrons. The summed E-state index contributed by atoms with van der Waals surface area (Å²) in [6, 6.07) is 10.4.